The molecule has 94 valence electrons. The van der Waals surface area contributed by atoms with Gasteiger partial charge in [-0.3, -0.25) is 4.79 Å². The molecule has 2 aliphatic rings. The fourth-order valence-corrected chi connectivity index (χ4v) is 2.59. The lowest BCUT2D eigenvalue weighted by Gasteiger charge is -2.27. The number of carbonyl (C=O) groups excluding carboxylic acids is 1. The molecule has 2 fully saturated rings. The van der Waals surface area contributed by atoms with E-state index in [0.717, 1.165) is 32.6 Å². The average molecular weight is 247 g/mol. The Kier molecular flexibility index (Phi) is 6.14. The third-order valence-electron chi connectivity index (χ3n) is 3.58. The van der Waals surface area contributed by atoms with Crippen LogP contribution in [0.1, 0.15) is 38.5 Å². The summed E-state index contributed by atoms with van der Waals surface area (Å²) < 4.78 is 0. The second kappa shape index (κ2) is 7.13. The second-order valence-electron chi connectivity index (χ2n) is 4.78. The third kappa shape index (κ3) is 3.63. The van der Waals surface area contributed by atoms with Crippen LogP contribution in [0.15, 0.2) is 0 Å². The lowest BCUT2D eigenvalue weighted by atomic mass is 10.0. The summed E-state index contributed by atoms with van der Waals surface area (Å²) in [7, 11) is 0. The van der Waals surface area contributed by atoms with Crippen LogP contribution in [0.4, 0.5) is 0 Å². The highest BCUT2D eigenvalue weighted by atomic mass is 35.5. The number of nitrogens with zero attached hydrogens (tertiary/aromatic N) is 1. The molecule has 1 unspecified atom stereocenters. The van der Waals surface area contributed by atoms with Gasteiger partial charge >= 0.3 is 0 Å². The van der Waals surface area contributed by atoms with E-state index >= 15 is 0 Å². The fraction of sp³-hybridized carbons (Fsp3) is 0.917. The highest BCUT2D eigenvalue weighted by molar-refractivity contribution is 5.85. The lowest BCUT2D eigenvalue weighted by Crippen LogP contribution is -2.38. The number of likely N-dealkylation sites (tertiary alicyclic amines) is 1. The van der Waals surface area contributed by atoms with Gasteiger partial charge in [-0.1, -0.05) is 19.3 Å². The maximum absolute atomic E-state index is 12.2. The molecule has 2 rings (SSSR count). The zero-order valence-electron chi connectivity index (χ0n) is 9.91. The van der Waals surface area contributed by atoms with Crippen molar-refractivity contribution in [2.45, 2.75) is 38.5 Å². The van der Waals surface area contributed by atoms with Gasteiger partial charge in [0.2, 0.25) is 5.91 Å². The van der Waals surface area contributed by atoms with Crippen LogP contribution >= 0.6 is 12.4 Å². The third-order valence-corrected chi connectivity index (χ3v) is 3.58. The Morgan fingerprint density at radius 1 is 1.06 bits per heavy atom. The molecule has 0 radical (unpaired) electrons. The van der Waals surface area contributed by atoms with Gasteiger partial charge in [-0.2, -0.15) is 0 Å². The monoisotopic (exact) mass is 246 g/mol. The molecule has 0 saturated carbocycles. The van der Waals surface area contributed by atoms with Crippen LogP contribution in [0.3, 0.4) is 0 Å². The van der Waals surface area contributed by atoms with E-state index in [4.69, 9.17) is 0 Å². The van der Waals surface area contributed by atoms with Crippen LogP contribution in [0, 0.1) is 5.92 Å². The van der Waals surface area contributed by atoms with Crippen molar-refractivity contribution in [3.05, 3.63) is 0 Å². The number of amides is 1. The Hall–Kier alpha value is -0.280. The van der Waals surface area contributed by atoms with Crippen LogP contribution in [-0.2, 0) is 4.79 Å². The van der Waals surface area contributed by atoms with Gasteiger partial charge in [0.05, 0.1) is 5.92 Å². The van der Waals surface area contributed by atoms with E-state index in [1.54, 1.807) is 0 Å². The molecule has 4 heteroatoms. The van der Waals surface area contributed by atoms with Crippen LogP contribution < -0.4 is 5.32 Å². The molecule has 0 aromatic carbocycles. The number of hydrogen-bond donors (Lipinski definition) is 1. The van der Waals surface area contributed by atoms with E-state index in [9.17, 15) is 4.79 Å². The lowest BCUT2D eigenvalue weighted by molar-refractivity contribution is -0.135. The Labute approximate surface area is 104 Å². The molecule has 1 atom stereocenters. The van der Waals surface area contributed by atoms with Crippen molar-refractivity contribution in [1.82, 2.24) is 10.2 Å². The molecule has 0 spiro atoms. The Morgan fingerprint density at radius 2 is 1.69 bits per heavy atom. The first-order chi connectivity index (χ1) is 7.38. The van der Waals surface area contributed by atoms with Gasteiger partial charge < -0.3 is 10.2 Å². The first-order valence-corrected chi connectivity index (χ1v) is 6.37. The summed E-state index contributed by atoms with van der Waals surface area (Å²) in [4.78, 5) is 14.3. The van der Waals surface area contributed by atoms with Gasteiger partial charge in [-0.15, -0.1) is 12.4 Å². The summed E-state index contributed by atoms with van der Waals surface area (Å²) in [5, 5.41) is 3.27. The van der Waals surface area contributed by atoms with E-state index in [2.05, 4.69) is 10.2 Å². The Morgan fingerprint density at radius 3 is 2.25 bits per heavy atom. The molecule has 2 saturated heterocycles. The number of nitrogens with one attached hydrogen (secondary N) is 1. The molecular formula is C12H23ClN2O. The van der Waals surface area contributed by atoms with Crippen LogP contribution in [0.5, 0.6) is 0 Å². The first kappa shape index (κ1) is 13.8. The maximum Gasteiger partial charge on any atom is 0.227 e. The van der Waals surface area contributed by atoms with Crippen molar-refractivity contribution in [3.63, 3.8) is 0 Å². The molecule has 16 heavy (non-hydrogen) atoms. The van der Waals surface area contributed by atoms with Crippen molar-refractivity contribution < 1.29 is 4.79 Å². The van der Waals surface area contributed by atoms with Crippen molar-refractivity contribution >= 4 is 18.3 Å². The molecule has 1 N–H and O–H groups in total. The average Bonchev–Trinajstić information content (AvgIpc) is 2.68. The molecular weight excluding hydrogens is 224 g/mol. The highest BCUT2D eigenvalue weighted by Gasteiger charge is 2.26. The Bertz CT molecular complexity index is 209. The van der Waals surface area contributed by atoms with Gasteiger partial charge in [0.25, 0.3) is 0 Å². The summed E-state index contributed by atoms with van der Waals surface area (Å²) in [6.45, 7) is 3.91. The number of carbonyl (C=O) groups is 1. The van der Waals surface area contributed by atoms with E-state index in [-0.39, 0.29) is 18.3 Å². The highest BCUT2D eigenvalue weighted by Crippen LogP contribution is 2.16. The van der Waals surface area contributed by atoms with Gasteiger partial charge in [-0.25, -0.2) is 0 Å². The van der Waals surface area contributed by atoms with Gasteiger partial charge in [-0.05, 0) is 25.8 Å². The number of hydrogen-bond acceptors (Lipinski definition) is 2. The summed E-state index contributed by atoms with van der Waals surface area (Å²) in [6.07, 6.45) is 7.39. The van der Waals surface area contributed by atoms with Crippen molar-refractivity contribution in [3.8, 4) is 0 Å². The van der Waals surface area contributed by atoms with Gasteiger partial charge in [0.1, 0.15) is 0 Å². The molecule has 2 aliphatic heterocycles. The van der Waals surface area contributed by atoms with Gasteiger partial charge in [0.15, 0.2) is 0 Å². The van der Waals surface area contributed by atoms with Crippen LogP contribution in [0.2, 0.25) is 0 Å². The summed E-state index contributed by atoms with van der Waals surface area (Å²) in [6, 6.07) is 0. The van der Waals surface area contributed by atoms with Crippen molar-refractivity contribution in [1.29, 1.82) is 0 Å². The fourth-order valence-electron chi connectivity index (χ4n) is 2.59. The SMILES string of the molecule is Cl.O=C(C1CCNC1)N1CCCCCCC1. The minimum absolute atomic E-state index is 0. The smallest absolute Gasteiger partial charge is 0.227 e. The van der Waals surface area contributed by atoms with Crippen molar-refractivity contribution in [2.75, 3.05) is 26.2 Å². The number of rotatable bonds is 1. The van der Waals surface area contributed by atoms with E-state index in [1.165, 1.54) is 32.1 Å². The largest absolute Gasteiger partial charge is 0.342 e. The second-order valence-corrected chi connectivity index (χ2v) is 4.78. The van der Waals surface area contributed by atoms with E-state index in [0.29, 0.717) is 5.91 Å². The maximum atomic E-state index is 12.2. The molecule has 0 aliphatic carbocycles. The zero-order valence-corrected chi connectivity index (χ0v) is 10.7. The number of halogens is 1. The first-order valence-electron chi connectivity index (χ1n) is 6.37. The van der Waals surface area contributed by atoms with Crippen LogP contribution in [-0.4, -0.2) is 37.0 Å². The standard InChI is InChI=1S/C12H22N2O.ClH/c15-12(11-6-7-13-10-11)14-8-4-2-1-3-5-9-14;/h11,13H,1-10H2;1H. The molecule has 0 aromatic rings. The normalized spacial score (nSPS) is 26.8. The van der Waals surface area contributed by atoms with E-state index < -0.39 is 0 Å². The molecule has 2 heterocycles. The molecule has 3 nitrogen and oxygen atoms in total. The summed E-state index contributed by atoms with van der Waals surface area (Å²) >= 11 is 0. The predicted octanol–water partition coefficient (Wildman–Crippen LogP) is 1.81. The molecule has 1 amide bonds. The predicted molar refractivity (Wildman–Crippen MR) is 67.9 cm³/mol. The topological polar surface area (TPSA) is 32.3 Å². The molecule has 0 aromatic heterocycles. The van der Waals surface area contributed by atoms with Crippen LogP contribution in [0.25, 0.3) is 0 Å². The van der Waals surface area contributed by atoms with Gasteiger partial charge in [0, 0.05) is 19.6 Å². The minimum atomic E-state index is 0. The molecule has 0 bridgehead atoms. The quantitative estimate of drug-likeness (QED) is 0.766. The van der Waals surface area contributed by atoms with E-state index in [1.807, 2.05) is 0 Å². The minimum Gasteiger partial charge on any atom is -0.342 e. The Balaban J connectivity index is 0.00000128. The zero-order chi connectivity index (χ0) is 10.5. The summed E-state index contributed by atoms with van der Waals surface area (Å²) in [5.41, 5.74) is 0. The summed E-state index contributed by atoms with van der Waals surface area (Å²) in [5.74, 6) is 0.673. The van der Waals surface area contributed by atoms with Crippen molar-refractivity contribution in [2.24, 2.45) is 5.92 Å².